The van der Waals surface area contributed by atoms with Crippen LogP contribution in [-0.2, 0) is 16.0 Å². The third-order valence-corrected chi connectivity index (χ3v) is 4.89. The van der Waals surface area contributed by atoms with E-state index < -0.39 is 23.8 Å². The molecule has 3 aliphatic heterocycles. The number of carbonyl (C=O) groups excluding carboxylic acids is 4. The van der Waals surface area contributed by atoms with E-state index in [1.165, 1.54) is 0 Å². The van der Waals surface area contributed by atoms with Crippen LogP contribution in [0.2, 0.25) is 0 Å². The Bertz CT molecular complexity index is 769. The largest absolute Gasteiger partial charge is 0.316 e. The fraction of sp³-hybridized carbons (Fsp3) is 0.412. The van der Waals surface area contributed by atoms with E-state index in [0.717, 1.165) is 30.0 Å². The molecule has 0 aromatic heterocycles. The van der Waals surface area contributed by atoms with Crippen molar-refractivity contribution in [3.63, 3.8) is 0 Å². The topological polar surface area (TPSA) is 95.6 Å². The van der Waals surface area contributed by atoms with Gasteiger partial charge < -0.3 is 5.32 Å². The molecule has 1 aromatic carbocycles. The molecule has 1 atom stereocenters. The number of nitrogens with zero attached hydrogens (tertiary/aromatic N) is 1. The summed E-state index contributed by atoms with van der Waals surface area (Å²) in [6.07, 6.45) is 1.17. The van der Waals surface area contributed by atoms with Gasteiger partial charge in [0.2, 0.25) is 11.8 Å². The second-order valence-corrected chi connectivity index (χ2v) is 6.56. The maximum absolute atomic E-state index is 12.7. The van der Waals surface area contributed by atoms with Crippen LogP contribution in [0, 0.1) is 5.92 Å². The third kappa shape index (κ3) is 2.32. The van der Waals surface area contributed by atoms with Gasteiger partial charge in [-0.15, -0.1) is 0 Å². The summed E-state index contributed by atoms with van der Waals surface area (Å²) in [5.41, 5.74) is 1.71. The van der Waals surface area contributed by atoms with Crippen molar-refractivity contribution in [2.24, 2.45) is 5.92 Å². The Hall–Kier alpha value is -2.54. The minimum Gasteiger partial charge on any atom is -0.316 e. The quantitative estimate of drug-likeness (QED) is 0.753. The number of imide groups is 2. The average Bonchev–Trinajstić information content (AvgIpc) is 2.75. The van der Waals surface area contributed by atoms with Gasteiger partial charge in [-0.05, 0) is 49.5 Å². The Balaban J connectivity index is 1.60. The van der Waals surface area contributed by atoms with Crippen molar-refractivity contribution in [3.05, 3.63) is 34.9 Å². The Morgan fingerprint density at radius 2 is 1.79 bits per heavy atom. The lowest BCUT2D eigenvalue weighted by atomic mass is 9.93. The van der Waals surface area contributed by atoms with Crippen LogP contribution in [0.1, 0.15) is 39.1 Å². The van der Waals surface area contributed by atoms with E-state index in [1.54, 1.807) is 12.1 Å². The van der Waals surface area contributed by atoms with Gasteiger partial charge in [-0.2, -0.15) is 0 Å². The molecule has 2 N–H and O–H groups in total. The van der Waals surface area contributed by atoms with Crippen molar-refractivity contribution < 1.29 is 19.2 Å². The number of carbonyl (C=O) groups is 4. The van der Waals surface area contributed by atoms with Crippen LogP contribution in [0.15, 0.2) is 18.2 Å². The van der Waals surface area contributed by atoms with E-state index in [0.29, 0.717) is 17.0 Å². The highest BCUT2D eigenvalue weighted by molar-refractivity contribution is 6.23. The van der Waals surface area contributed by atoms with Crippen LogP contribution in [0.4, 0.5) is 0 Å². The number of piperidine rings is 1. The highest BCUT2D eigenvalue weighted by atomic mass is 16.2. The number of hydrogen-bond acceptors (Lipinski definition) is 5. The Kier molecular flexibility index (Phi) is 3.45. The normalized spacial score (nSPS) is 24.0. The first-order valence-electron chi connectivity index (χ1n) is 8.10. The number of hydrogen-bond donors (Lipinski definition) is 2. The molecule has 2 saturated heterocycles. The molecule has 124 valence electrons. The fourth-order valence-electron chi connectivity index (χ4n) is 3.47. The van der Waals surface area contributed by atoms with Crippen LogP contribution in [-0.4, -0.2) is 47.7 Å². The molecule has 0 saturated carbocycles. The van der Waals surface area contributed by atoms with Crippen LogP contribution < -0.4 is 10.6 Å². The van der Waals surface area contributed by atoms with Gasteiger partial charge in [-0.3, -0.25) is 29.4 Å². The molecular weight excluding hydrogens is 310 g/mol. The number of rotatable bonds is 3. The lowest BCUT2D eigenvalue weighted by Gasteiger charge is -2.27. The summed E-state index contributed by atoms with van der Waals surface area (Å²) in [4.78, 5) is 49.5. The molecule has 0 radical (unpaired) electrons. The lowest BCUT2D eigenvalue weighted by Crippen LogP contribution is -2.54. The number of nitrogens with one attached hydrogen (secondary N) is 2. The van der Waals surface area contributed by atoms with Gasteiger partial charge in [0.15, 0.2) is 0 Å². The zero-order valence-electron chi connectivity index (χ0n) is 13.0. The van der Waals surface area contributed by atoms with Gasteiger partial charge in [0, 0.05) is 6.42 Å². The van der Waals surface area contributed by atoms with Crippen molar-refractivity contribution >= 4 is 23.6 Å². The first kappa shape index (κ1) is 15.0. The van der Waals surface area contributed by atoms with E-state index in [-0.39, 0.29) is 18.7 Å². The smallest absolute Gasteiger partial charge is 0.262 e. The molecule has 1 aromatic rings. The maximum atomic E-state index is 12.7. The predicted molar refractivity (Wildman–Crippen MR) is 83.2 cm³/mol. The van der Waals surface area contributed by atoms with Gasteiger partial charge in [0.1, 0.15) is 6.04 Å². The summed E-state index contributed by atoms with van der Waals surface area (Å²) in [5.74, 6) is -1.30. The van der Waals surface area contributed by atoms with Crippen molar-refractivity contribution in [3.8, 4) is 0 Å². The second kappa shape index (κ2) is 5.52. The van der Waals surface area contributed by atoms with E-state index in [9.17, 15) is 19.2 Å². The highest BCUT2D eigenvalue weighted by Crippen LogP contribution is 2.29. The third-order valence-electron chi connectivity index (χ3n) is 4.89. The van der Waals surface area contributed by atoms with E-state index in [4.69, 9.17) is 0 Å². The predicted octanol–water partition coefficient (Wildman–Crippen LogP) is -0.150. The molecule has 3 aliphatic rings. The first-order chi connectivity index (χ1) is 11.5. The van der Waals surface area contributed by atoms with Crippen molar-refractivity contribution in [1.29, 1.82) is 0 Å². The van der Waals surface area contributed by atoms with Crippen molar-refractivity contribution in [2.75, 3.05) is 13.1 Å². The number of amides is 4. The number of fused-ring (bicyclic) bond motifs is 1. The molecule has 24 heavy (non-hydrogen) atoms. The van der Waals surface area contributed by atoms with Crippen molar-refractivity contribution in [1.82, 2.24) is 15.5 Å². The lowest BCUT2D eigenvalue weighted by molar-refractivity contribution is -0.136. The molecule has 7 heteroatoms. The van der Waals surface area contributed by atoms with Gasteiger partial charge in [-0.1, -0.05) is 6.07 Å². The maximum Gasteiger partial charge on any atom is 0.262 e. The molecule has 0 spiro atoms. The van der Waals surface area contributed by atoms with Crippen LogP contribution in [0.25, 0.3) is 0 Å². The summed E-state index contributed by atoms with van der Waals surface area (Å²) in [5, 5.41) is 5.40. The van der Waals surface area contributed by atoms with E-state index in [1.807, 2.05) is 6.07 Å². The monoisotopic (exact) mass is 327 g/mol. The highest BCUT2D eigenvalue weighted by Gasteiger charge is 2.44. The molecule has 3 heterocycles. The summed E-state index contributed by atoms with van der Waals surface area (Å²) in [6, 6.07) is 4.40. The average molecular weight is 327 g/mol. The van der Waals surface area contributed by atoms with Crippen LogP contribution in [0.3, 0.4) is 0 Å². The van der Waals surface area contributed by atoms with Gasteiger partial charge in [0.05, 0.1) is 11.1 Å². The zero-order valence-corrected chi connectivity index (χ0v) is 13.0. The molecule has 4 amide bonds. The van der Waals surface area contributed by atoms with Crippen molar-refractivity contribution in [2.45, 2.75) is 25.3 Å². The summed E-state index contributed by atoms with van der Waals surface area (Å²) in [6.45, 7) is 1.93. The summed E-state index contributed by atoms with van der Waals surface area (Å²) < 4.78 is 0. The summed E-state index contributed by atoms with van der Waals surface area (Å²) >= 11 is 0. The van der Waals surface area contributed by atoms with Crippen LogP contribution in [0.5, 0.6) is 0 Å². The minimum absolute atomic E-state index is 0.129. The Morgan fingerprint density at radius 1 is 1.04 bits per heavy atom. The van der Waals surface area contributed by atoms with E-state index in [2.05, 4.69) is 10.6 Å². The number of benzene rings is 1. The van der Waals surface area contributed by atoms with Gasteiger partial charge >= 0.3 is 0 Å². The fourth-order valence-corrected chi connectivity index (χ4v) is 3.47. The first-order valence-corrected chi connectivity index (χ1v) is 8.10. The molecule has 0 bridgehead atoms. The molecule has 4 rings (SSSR count). The molecule has 1 unspecified atom stereocenters. The molecule has 0 aliphatic carbocycles. The SMILES string of the molecule is O=C1CCC(N2C(=O)c3ccc(CC4CNC4)cc3C2=O)C(=O)N1. The summed E-state index contributed by atoms with van der Waals surface area (Å²) in [7, 11) is 0. The van der Waals surface area contributed by atoms with E-state index >= 15 is 0 Å². The Morgan fingerprint density at radius 3 is 2.46 bits per heavy atom. The minimum atomic E-state index is -0.908. The second-order valence-electron chi connectivity index (χ2n) is 6.56. The Labute approximate surface area is 138 Å². The molecule has 2 fully saturated rings. The standard InChI is InChI=1S/C17H17N3O4/c21-14-4-3-13(15(22)19-14)20-16(23)11-2-1-9(5-10-7-18-8-10)6-12(11)17(20)24/h1-2,6,10,13,18H,3-5,7-8H2,(H,19,21,22). The van der Waals surface area contributed by atoms with Gasteiger partial charge in [0.25, 0.3) is 11.8 Å². The zero-order chi connectivity index (χ0) is 16.8. The van der Waals surface area contributed by atoms with Gasteiger partial charge in [-0.25, -0.2) is 0 Å². The molecule has 7 nitrogen and oxygen atoms in total. The van der Waals surface area contributed by atoms with Crippen LogP contribution >= 0.6 is 0 Å². The molecular formula is C17H17N3O4.